The summed E-state index contributed by atoms with van der Waals surface area (Å²) < 4.78 is 40.8. The highest BCUT2D eigenvalue weighted by Gasteiger charge is 2.38. The number of rotatable bonds is 4. The number of carbonyl (C=O) groups excluding carboxylic acids is 2. The minimum Gasteiger partial charge on any atom is -0.588 e. The Kier molecular flexibility index (Phi) is 6.51. The monoisotopic (exact) mass is 486 g/mol. The number of allylic oxidation sites excluding steroid dienone is 1. The van der Waals surface area contributed by atoms with Gasteiger partial charge in [-0.2, -0.15) is 4.31 Å². The zero-order valence-corrected chi connectivity index (χ0v) is 18.8. The van der Waals surface area contributed by atoms with Crippen LogP contribution in [0.2, 0.25) is 5.02 Å². The maximum Gasteiger partial charge on any atom is 0.251 e. The summed E-state index contributed by atoms with van der Waals surface area (Å²) in [6, 6.07) is 14.2. The van der Waals surface area contributed by atoms with Gasteiger partial charge < -0.3 is 9.87 Å². The second-order valence-corrected chi connectivity index (χ2v) is 9.19. The number of ketones is 1. The van der Waals surface area contributed by atoms with Crippen molar-refractivity contribution in [3.63, 3.8) is 0 Å². The zero-order valence-electron chi connectivity index (χ0n) is 17.3. The SMILES string of the molecule is CN1c2ccc(C(=O)NCc3ccc(F)cc3)cc2C(=O)/C(=C/c2ccc(F)c(Cl)c2)[S+]1[O-]. The number of halogens is 3. The number of hydrogen-bond donors (Lipinski definition) is 1. The highest BCUT2D eigenvalue weighted by atomic mass is 35.5. The summed E-state index contributed by atoms with van der Waals surface area (Å²) in [7, 11) is 1.57. The average molecular weight is 487 g/mol. The molecule has 0 radical (unpaired) electrons. The average Bonchev–Trinajstić information content (AvgIpc) is 2.81. The smallest absolute Gasteiger partial charge is 0.251 e. The molecule has 1 unspecified atom stereocenters. The molecule has 0 aromatic heterocycles. The third-order valence-corrected chi connectivity index (χ3v) is 6.77. The van der Waals surface area contributed by atoms with Gasteiger partial charge in [0.15, 0.2) is 0 Å². The lowest BCUT2D eigenvalue weighted by atomic mass is 10.0. The van der Waals surface area contributed by atoms with Gasteiger partial charge in [-0.05, 0) is 53.6 Å². The van der Waals surface area contributed by atoms with Crippen molar-refractivity contribution in [2.45, 2.75) is 6.54 Å². The number of benzene rings is 3. The van der Waals surface area contributed by atoms with Crippen LogP contribution in [0.3, 0.4) is 0 Å². The first-order valence-corrected chi connectivity index (χ1v) is 11.3. The van der Waals surface area contributed by atoms with Crippen molar-refractivity contribution >= 4 is 46.4 Å². The van der Waals surface area contributed by atoms with E-state index in [0.29, 0.717) is 11.3 Å². The topological polar surface area (TPSA) is 72.5 Å². The van der Waals surface area contributed by atoms with Crippen LogP contribution in [0.15, 0.2) is 65.6 Å². The molecule has 5 nitrogen and oxygen atoms in total. The summed E-state index contributed by atoms with van der Waals surface area (Å²) in [6.07, 6.45) is 1.39. The van der Waals surface area contributed by atoms with Gasteiger partial charge in [-0.3, -0.25) is 9.59 Å². The molecule has 168 valence electrons. The molecule has 0 aliphatic carbocycles. The molecule has 0 saturated heterocycles. The van der Waals surface area contributed by atoms with Crippen molar-refractivity contribution in [2.75, 3.05) is 11.4 Å². The molecule has 4 rings (SSSR count). The van der Waals surface area contributed by atoms with Crippen LogP contribution in [0, 0.1) is 11.6 Å². The van der Waals surface area contributed by atoms with Gasteiger partial charge in [0, 0.05) is 18.2 Å². The van der Waals surface area contributed by atoms with E-state index in [0.717, 1.165) is 11.6 Å². The van der Waals surface area contributed by atoms with Crippen LogP contribution in [0.25, 0.3) is 6.08 Å². The summed E-state index contributed by atoms with van der Waals surface area (Å²) >= 11 is 4.02. The van der Waals surface area contributed by atoms with Gasteiger partial charge >= 0.3 is 0 Å². The Morgan fingerprint density at radius 1 is 1.12 bits per heavy atom. The molecule has 3 aromatic rings. The predicted octanol–water partition coefficient (Wildman–Crippen LogP) is 4.89. The van der Waals surface area contributed by atoms with Crippen LogP contribution in [-0.2, 0) is 17.9 Å². The largest absolute Gasteiger partial charge is 0.588 e. The van der Waals surface area contributed by atoms with E-state index in [2.05, 4.69) is 5.32 Å². The lowest BCUT2D eigenvalue weighted by Crippen LogP contribution is -2.36. The van der Waals surface area contributed by atoms with E-state index in [1.807, 2.05) is 0 Å². The predicted molar refractivity (Wildman–Crippen MR) is 124 cm³/mol. The van der Waals surface area contributed by atoms with Gasteiger partial charge in [0.2, 0.25) is 10.7 Å². The molecule has 3 aromatic carbocycles. The molecule has 1 aliphatic heterocycles. The molecular formula is C24H17ClF2N2O3S. The number of anilines is 1. The number of nitrogens with one attached hydrogen (secondary N) is 1. The quantitative estimate of drug-likeness (QED) is 0.421. The number of carbonyl (C=O) groups is 2. The molecule has 1 atom stereocenters. The lowest BCUT2D eigenvalue weighted by Gasteiger charge is -2.29. The molecule has 1 N–H and O–H groups in total. The zero-order chi connectivity index (χ0) is 23.7. The maximum atomic E-state index is 13.5. The molecule has 1 heterocycles. The number of Topliss-reactive ketones (excluding diaryl/α,β-unsaturated/α-hetero) is 1. The third-order valence-electron chi connectivity index (χ3n) is 5.11. The van der Waals surface area contributed by atoms with Crippen molar-refractivity contribution in [2.24, 2.45) is 0 Å². The molecule has 0 bridgehead atoms. The van der Waals surface area contributed by atoms with E-state index < -0.39 is 28.9 Å². The van der Waals surface area contributed by atoms with Crippen molar-refractivity contribution in [3.05, 3.63) is 104 Å². The summed E-state index contributed by atoms with van der Waals surface area (Å²) in [5, 5.41) is 2.61. The fourth-order valence-corrected chi connectivity index (χ4v) is 4.67. The number of nitrogens with zero attached hydrogens (tertiary/aromatic N) is 1. The Bertz CT molecular complexity index is 1280. The fraction of sp³-hybridized carbons (Fsp3) is 0.0833. The molecule has 9 heteroatoms. The first-order valence-electron chi connectivity index (χ1n) is 9.78. The van der Waals surface area contributed by atoms with E-state index in [9.17, 15) is 22.9 Å². The normalized spacial score (nSPS) is 16.6. The Hall–Kier alpha value is -3.20. The van der Waals surface area contributed by atoms with E-state index >= 15 is 0 Å². The molecule has 1 aliphatic rings. The maximum absolute atomic E-state index is 13.5. The number of amides is 1. The van der Waals surface area contributed by atoms with E-state index in [-0.39, 0.29) is 33.4 Å². The second kappa shape index (κ2) is 9.35. The first kappa shape index (κ1) is 23.0. The molecule has 0 saturated carbocycles. The van der Waals surface area contributed by atoms with Crippen LogP contribution in [0.5, 0.6) is 0 Å². The Balaban J connectivity index is 1.61. The lowest BCUT2D eigenvalue weighted by molar-refractivity contribution is 0.0951. The Morgan fingerprint density at radius 3 is 2.55 bits per heavy atom. The Morgan fingerprint density at radius 2 is 1.85 bits per heavy atom. The van der Waals surface area contributed by atoms with E-state index in [1.165, 1.54) is 46.8 Å². The number of fused-ring (bicyclic) bond motifs is 1. The second-order valence-electron chi connectivity index (χ2n) is 7.30. The van der Waals surface area contributed by atoms with Gasteiger partial charge in [-0.15, -0.1) is 0 Å². The van der Waals surface area contributed by atoms with Gasteiger partial charge in [-0.1, -0.05) is 29.8 Å². The van der Waals surface area contributed by atoms with Gasteiger partial charge in [0.25, 0.3) is 5.91 Å². The van der Waals surface area contributed by atoms with Crippen molar-refractivity contribution < 1.29 is 22.9 Å². The summed E-state index contributed by atoms with van der Waals surface area (Å²) in [5.41, 5.74) is 2.02. The standard InChI is InChI=1S/C24H17ClF2N2O3S/c1-29-21-9-5-16(24(31)28-13-14-2-6-17(26)7-3-14)12-18(21)23(30)22(33(29)32)11-15-4-8-20(27)19(25)10-15/h2-12H,13H2,1H3,(H,28,31)/b22-11-. The summed E-state index contributed by atoms with van der Waals surface area (Å²) in [5.74, 6) is -1.89. The van der Waals surface area contributed by atoms with E-state index in [4.69, 9.17) is 11.6 Å². The van der Waals surface area contributed by atoms with Crippen LogP contribution in [-0.4, -0.2) is 23.3 Å². The van der Waals surface area contributed by atoms with Gasteiger partial charge in [0.1, 0.15) is 23.0 Å². The molecule has 0 spiro atoms. The van der Waals surface area contributed by atoms with Gasteiger partial charge in [-0.25, -0.2) is 8.78 Å². The van der Waals surface area contributed by atoms with Crippen LogP contribution >= 0.6 is 11.6 Å². The first-order chi connectivity index (χ1) is 15.7. The molecular weight excluding hydrogens is 470 g/mol. The van der Waals surface area contributed by atoms with Crippen LogP contribution in [0.1, 0.15) is 31.8 Å². The van der Waals surface area contributed by atoms with Crippen LogP contribution in [0.4, 0.5) is 14.5 Å². The van der Waals surface area contributed by atoms with Crippen LogP contribution < -0.4 is 9.62 Å². The minimum absolute atomic E-state index is 0.0171. The van der Waals surface area contributed by atoms with Crippen molar-refractivity contribution in [3.8, 4) is 0 Å². The highest BCUT2D eigenvalue weighted by molar-refractivity contribution is 7.97. The number of hydrogen-bond acceptors (Lipinski definition) is 4. The molecule has 0 fully saturated rings. The van der Waals surface area contributed by atoms with Crippen molar-refractivity contribution in [1.29, 1.82) is 0 Å². The van der Waals surface area contributed by atoms with Gasteiger partial charge in [0.05, 0.1) is 23.3 Å². The third kappa shape index (κ3) is 4.78. The molecule has 33 heavy (non-hydrogen) atoms. The van der Waals surface area contributed by atoms with Crippen molar-refractivity contribution in [1.82, 2.24) is 5.32 Å². The summed E-state index contributed by atoms with van der Waals surface area (Å²) in [4.78, 5) is 25.8. The minimum atomic E-state index is -1.80. The molecule has 1 amide bonds. The highest BCUT2D eigenvalue weighted by Crippen LogP contribution is 2.35. The fourth-order valence-electron chi connectivity index (χ4n) is 3.34. The van der Waals surface area contributed by atoms with E-state index in [1.54, 1.807) is 25.2 Å². The summed E-state index contributed by atoms with van der Waals surface area (Å²) in [6.45, 7) is 0.185. The Labute approximate surface area is 197 Å².